The number of nitrogens with zero attached hydrogens (tertiary/aromatic N) is 3. The van der Waals surface area contributed by atoms with Crippen LogP contribution in [0.5, 0.6) is 0 Å². The van der Waals surface area contributed by atoms with Gasteiger partial charge in [0.25, 0.3) is 0 Å². The first kappa shape index (κ1) is 12.5. The average molecular weight is 258 g/mol. The van der Waals surface area contributed by atoms with Crippen LogP contribution < -0.4 is 4.90 Å². The Morgan fingerprint density at radius 3 is 2.82 bits per heavy atom. The topological polar surface area (TPSA) is 58.5 Å². The van der Waals surface area contributed by atoms with Crippen molar-refractivity contribution in [2.24, 2.45) is 0 Å². The predicted molar refractivity (Wildman–Crippen MR) is 65.6 cm³/mol. The highest BCUT2D eigenvalue weighted by atomic mass is 35.5. The highest BCUT2D eigenvalue weighted by molar-refractivity contribution is 6.31. The van der Waals surface area contributed by atoms with E-state index in [0.29, 0.717) is 30.7 Å². The molecule has 0 bridgehead atoms. The Morgan fingerprint density at radius 2 is 2.12 bits per heavy atom. The lowest BCUT2D eigenvalue weighted by molar-refractivity contribution is 0.00334. The van der Waals surface area contributed by atoms with Gasteiger partial charge >= 0.3 is 0 Å². The van der Waals surface area contributed by atoms with Gasteiger partial charge in [0, 0.05) is 13.1 Å². The van der Waals surface area contributed by atoms with E-state index in [2.05, 4.69) is 9.97 Å². The zero-order valence-electron chi connectivity index (χ0n) is 9.98. The van der Waals surface area contributed by atoms with Gasteiger partial charge in [-0.25, -0.2) is 9.97 Å². The van der Waals surface area contributed by atoms with Crippen LogP contribution in [-0.2, 0) is 4.74 Å². The molecule has 2 heterocycles. The zero-order valence-corrected chi connectivity index (χ0v) is 10.7. The standard InChI is InChI=1S/C11H16ClN3O2/c1-7-8(2)14-11(10(12)13-7)15-3-4-17-9(5-15)6-16/h9,16H,3-6H2,1-2H3. The van der Waals surface area contributed by atoms with E-state index in [1.165, 1.54) is 0 Å². The minimum atomic E-state index is -0.178. The van der Waals surface area contributed by atoms with Crippen LogP contribution in [0.1, 0.15) is 11.4 Å². The largest absolute Gasteiger partial charge is 0.394 e. The molecule has 1 aliphatic heterocycles. The van der Waals surface area contributed by atoms with Crippen molar-refractivity contribution in [1.29, 1.82) is 0 Å². The molecule has 1 aromatic rings. The summed E-state index contributed by atoms with van der Waals surface area (Å²) in [5.74, 6) is 0.677. The molecule has 1 unspecified atom stereocenters. The molecule has 2 rings (SSSR count). The molecular formula is C11H16ClN3O2. The van der Waals surface area contributed by atoms with Gasteiger partial charge in [-0.1, -0.05) is 11.6 Å². The van der Waals surface area contributed by atoms with Crippen LogP contribution in [0.3, 0.4) is 0 Å². The highest BCUT2D eigenvalue weighted by Gasteiger charge is 2.23. The van der Waals surface area contributed by atoms with Crippen LogP contribution in [0.25, 0.3) is 0 Å². The molecule has 0 radical (unpaired) electrons. The number of aliphatic hydroxyl groups is 1. The summed E-state index contributed by atoms with van der Waals surface area (Å²) in [5.41, 5.74) is 1.71. The predicted octanol–water partition coefficient (Wildman–Crippen LogP) is 0.944. The summed E-state index contributed by atoms with van der Waals surface area (Å²) in [6.07, 6.45) is -0.178. The SMILES string of the molecule is Cc1nc(Cl)c(N2CCOC(CO)C2)nc1C. The first-order chi connectivity index (χ1) is 8.11. The minimum absolute atomic E-state index is 0.00634. The van der Waals surface area contributed by atoms with Gasteiger partial charge in [0.05, 0.1) is 30.7 Å². The van der Waals surface area contributed by atoms with Crippen molar-refractivity contribution < 1.29 is 9.84 Å². The molecule has 0 saturated carbocycles. The summed E-state index contributed by atoms with van der Waals surface area (Å²) < 4.78 is 5.39. The average Bonchev–Trinajstić information content (AvgIpc) is 2.34. The number of aliphatic hydroxyl groups excluding tert-OH is 1. The van der Waals surface area contributed by atoms with Crippen LogP contribution >= 0.6 is 11.6 Å². The Bertz CT molecular complexity index is 414. The maximum absolute atomic E-state index is 9.10. The van der Waals surface area contributed by atoms with E-state index in [0.717, 1.165) is 11.4 Å². The molecule has 1 saturated heterocycles. The van der Waals surface area contributed by atoms with Crippen molar-refractivity contribution in [2.75, 3.05) is 31.2 Å². The van der Waals surface area contributed by atoms with Gasteiger partial charge in [0.1, 0.15) is 0 Å². The Labute approximate surface area is 105 Å². The fourth-order valence-corrected chi connectivity index (χ4v) is 2.08. The van der Waals surface area contributed by atoms with Crippen LogP contribution in [0.4, 0.5) is 5.82 Å². The Balaban J connectivity index is 2.24. The number of anilines is 1. The second-order valence-corrected chi connectivity index (χ2v) is 4.49. The molecule has 1 fully saturated rings. The van der Waals surface area contributed by atoms with Crippen molar-refractivity contribution in [3.63, 3.8) is 0 Å². The second kappa shape index (κ2) is 5.16. The van der Waals surface area contributed by atoms with Crippen molar-refractivity contribution in [2.45, 2.75) is 20.0 Å². The van der Waals surface area contributed by atoms with Crippen LogP contribution in [0.15, 0.2) is 0 Å². The number of rotatable bonds is 2. The van der Waals surface area contributed by atoms with E-state index >= 15 is 0 Å². The summed E-state index contributed by atoms with van der Waals surface area (Å²) in [7, 11) is 0. The number of hydrogen-bond donors (Lipinski definition) is 1. The molecule has 0 amide bonds. The summed E-state index contributed by atoms with van der Waals surface area (Å²) in [6, 6.07) is 0. The Kier molecular flexibility index (Phi) is 3.81. The number of halogens is 1. The van der Waals surface area contributed by atoms with Gasteiger partial charge in [0.2, 0.25) is 0 Å². The van der Waals surface area contributed by atoms with Gasteiger partial charge in [0.15, 0.2) is 11.0 Å². The third-order valence-corrected chi connectivity index (χ3v) is 3.14. The van der Waals surface area contributed by atoms with E-state index in [9.17, 15) is 0 Å². The lowest BCUT2D eigenvalue weighted by Crippen LogP contribution is -2.44. The molecule has 6 heteroatoms. The quantitative estimate of drug-likeness (QED) is 0.855. The van der Waals surface area contributed by atoms with E-state index in [1.807, 2.05) is 18.7 Å². The highest BCUT2D eigenvalue weighted by Crippen LogP contribution is 2.24. The van der Waals surface area contributed by atoms with E-state index in [1.54, 1.807) is 0 Å². The van der Waals surface area contributed by atoms with Gasteiger partial charge in [-0.2, -0.15) is 0 Å². The number of aryl methyl sites for hydroxylation is 2. The molecule has 0 spiro atoms. The monoisotopic (exact) mass is 257 g/mol. The minimum Gasteiger partial charge on any atom is -0.394 e. The normalized spacial score (nSPS) is 20.7. The Morgan fingerprint density at radius 1 is 1.41 bits per heavy atom. The second-order valence-electron chi connectivity index (χ2n) is 4.13. The van der Waals surface area contributed by atoms with E-state index in [-0.39, 0.29) is 12.7 Å². The summed E-state index contributed by atoms with van der Waals surface area (Å²) in [5, 5.41) is 9.51. The smallest absolute Gasteiger partial charge is 0.171 e. The third-order valence-electron chi connectivity index (χ3n) is 2.89. The van der Waals surface area contributed by atoms with Gasteiger partial charge in [-0.3, -0.25) is 0 Å². The zero-order chi connectivity index (χ0) is 12.4. The summed E-state index contributed by atoms with van der Waals surface area (Å²) >= 11 is 6.11. The van der Waals surface area contributed by atoms with Crippen molar-refractivity contribution in [3.05, 3.63) is 16.5 Å². The maximum atomic E-state index is 9.10. The number of aromatic nitrogens is 2. The molecule has 1 aromatic heterocycles. The summed E-state index contributed by atoms with van der Waals surface area (Å²) in [6.45, 7) is 5.67. The molecule has 1 atom stereocenters. The number of morpholine rings is 1. The van der Waals surface area contributed by atoms with Crippen molar-refractivity contribution in [3.8, 4) is 0 Å². The van der Waals surface area contributed by atoms with Crippen molar-refractivity contribution in [1.82, 2.24) is 9.97 Å². The first-order valence-corrected chi connectivity index (χ1v) is 5.97. The fraction of sp³-hybridized carbons (Fsp3) is 0.636. The maximum Gasteiger partial charge on any atom is 0.171 e. The van der Waals surface area contributed by atoms with Crippen LogP contribution in [0, 0.1) is 13.8 Å². The van der Waals surface area contributed by atoms with E-state index in [4.69, 9.17) is 21.4 Å². The molecule has 94 valence electrons. The third kappa shape index (κ3) is 2.68. The molecule has 1 aliphatic rings. The molecule has 0 aliphatic carbocycles. The number of ether oxygens (including phenoxy) is 1. The lowest BCUT2D eigenvalue weighted by Gasteiger charge is -2.33. The molecule has 0 aromatic carbocycles. The molecule has 1 N–H and O–H groups in total. The Hall–Kier alpha value is -0.910. The number of hydrogen-bond acceptors (Lipinski definition) is 5. The molecular weight excluding hydrogens is 242 g/mol. The van der Waals surface area contributed by atoms with Crippen LogP contribution in [0.2, 0.25) is 5.15 Å². The van der Waals surface area contributed by atoms with Gasteiger partial charge < -0.3 is 14.7 Å². The molecule has 17 heavy (non-hydrogen) atoms. The lowest BCUT2D eigenvalue weighted by atomic mass is 10.3. The van der Waals surface area contributed by atoms with E-state index < -0.39 is 0 Å². The fourth-order valence-electron chi connectivity index (χ4n) is 1.79. The van der Waals surface area contributed by atoms with Crippen molar-refractivity contribution >= 4 is 17.4 Å². The molecule has 5 nitrogen and oxygen atoms in total. The van der Waals surface area contributed by atoms with Gasteiger partial charge in [-0.05, 0) is 13.8 Å². The van der Waals surface area contributed by atoms with Gasteiger partial charge in [-0.15, -0.1) is 0 Å². The van der Waals surface area contributed by atoms with Crippen LogP contribution in [-0.4, -0.2) is 47.5 Å². The summed E-state index contributed by atoms with van der Waals surface area (Å²) in [4.78, 5) is 10.7. The first-order valence-electron chi connectivity index (χ1n) is 5.60.